The fourth-order valence-corrected chi connectivity index (χ4v) is 1.52. The molecule has 0 aromatic heterocycles. The van der Waals surface area contributed by atoms with E-state index in [-0.39, 0.29) is 24.9 Å². The van der Waals surface area contributed by atoms with Gasteiger partial charge in [0.05, 0.1) is 6.07 Å². The molecule has 84 valence electrons. The molecule has 1 amide bonds. The topological polar surface area (TPSA) is 78.9 Å². The van der Waals surface area contributed by atoms with E-state index in [0.717, 1.165) is 11.1 Å². The molecule has 0 heterocycles. The molecular formula is C12H15N3O. The number of nitriles is 1. The third-order valence-corrected chi connectivity index (χ3v) is 2.36. The van der Waals surface area contributed by atoms with E-state index in [4.69, 9.17) is 11.0 Å². The van der Waals surface area contributed by atoms with E-state index in [1.807, 2.05) is 37.3 Å². The van der Waals surface area contributed by atoms with Gasteiger partial charge in [-0.1, -0.05) is 24.3 Å². The zero-order valence-electron chi connectivity index (χ0n) is 9.23. The first-order valence-electron chi connectivity index (χ1n) is 5.10. The Morgan fingerprint density at radius 3 is 2.88 bits per heavy atom. The van der Waals surface area contributed by atoms with Gasteiger partial charge in [-0.25, -0.2) is 0 Å². The first kappa shape index (κ1) is 12.2. The van der Waals surface area contributed by atoms with Crippen molar-refractivity contribution in [1.82, 2.24) is 5.32 Å². The Kier molecular flexibility index (Phi) is 4.49. The van der Waals surface area contributed by atoms with Crippen LogP contribution >= 0.6 is 0 Å². The lowest BCUT2D eigenvalue weighted by Gasteiger charge is -2.13. The lowest BCUT2D eigenvalue weighted by Crippen LogP contribution is -2.27. The van der Waals surface area contributed by atoms with Crippen LogP contribution in [0.3, 0.4) is 0 Å². The van der Waals surface area contributed by atoms with Gasteiger partial charge in [0.2, 0.25) is 5.91 Å². The molecule has 0 aliphatic heterocycles. The first-order valence-corrected chi connectivity index (χ1v) is 5.10. The average Bonchev–Trinajstić information content (AvgIpc) is 2.26. The standard InChI is InChI=1S/C12H15N3O/c1-9-4-2-3-5-10(9)11(14)8-12(16)15-7-6-13/h2-5,11H,7-8,14H2,1H3,(H,15,16)/t11-/m0/s1. The van der Waals surface area contributed by atoms with Crippen LogP contribution in [0, 0.1) is 18.3 Å². The minimum absolute atomic E-state index is 0.0271. The summed E-state index contributed by atoms with van der Waals surface area (Å²) in [5.41, 5.74) is 7.96. The highest BCUT2D eigenvalue weighted by Crippen LogP contribution is 2.17. The minimum Gasteiger partial charge on any atom is -0.343 e. The maximum Gasteiger partial charge on any atom is 0.222 e. The van der Waals surface area contributed by atoms with Gasteiger partial charge >= 0.3 is 0 Å². The number of hydrogen-bond donors (Lipinski definition) is 2. The van der Waals surface area contributed by atoms with Crippen molar-refractivity contribution in [3.63, 3.8) is 0 Å². The number of carbonyl (C=O) groups excluding carboxylic acids is 1. The highest BCUT2D eigenvalue weighted by Gasteiger charge is 2.12. The quantitative estimate of drug-likeness (QED) is 0.739. The molecule has 0 aliphatic rings. The first-order chi connectivity index (χ1) is 7.65. The molecule has 0 saturated carbocycles. The Morgan fingerprint density at radius 1 is 1.56 bits per heavy atom. The van der Waals surface area contributed by atoms with E-state index in [9.17, 15) is 4.79 Å². The number of rotatable bonds is 4. The molecule has 1 aromatic rings. The number of amides is 1. The van der Waals surface area contributed by atoms with Crippen LogP contribution in [-0.2, 0) is 4.79 Å². The summed E-state index contributed by atoms with van der Waals surface area (Å²) < 4.78 is 0. The number of nitrogens with one attached hydrogen (secondary N) is 1. The van der Waals surface area contributed by atoms with Crippen LogP contribution < -0.4 is 11.1 Å². The van der Waals surface area contributed by atoms with E-state index in [0.29, 0.717) is 0 Å². The molecular weight excluding hydrogens is 202 g/mol. The Hall–Kier alpha value is -1.86. The lowest BCUT2D eigenvalue weighted by atomic mass is 9.99. The summed E-state index contributed by atoms with van der Waals surface area (Å²) in [4.78, 5) is 11.4. The normalized spacial score (nSPS) is 11.6. The van der Waals surface area contributed by atoms with Gasteiger partial charge in [0.15, 0.2) is 0 Å². The molecule has 4 heteroatoms. The minimum atomic E-state index is -0.320. The number of nitrogens with two attached hydrogens (primary N) is 1. The van der Waals surface area contributed by atoms with Gasteiger partial charge in [0.1, 0.15) is 6.54 Å². The van der Waals surface area contributed by atoms with Crippen LogP contribution in [0.1, 0.15) is 23.6 Å². The largest absolute Gasteiger partial charge is 0.343 e. The summed E-state index contributed by atoms with van der Waals surface area (Å²) in [6.07, 6.45) is 0.201. The molecule has 0 unspecified atom stereocenters. The van der Waals surface area contributed by atoms with E-state index in [2.05, 4.69) is 5.32 Å². The Morgan fingerprint density at radius 2 is 2.25 bits per heavy atom. The SMILES string of the molecule is Cc1ccccc1[C@@H](N)CC(=O)NCC#N. The van der Waals surface area contributed by atoms with Crippen molar-refractivity contribution in [2.75, 3.05) is 6.54 Å². The molecule has 0 fully saturated rings. The van der Waals surface area contributed by atoms with Gasteiger partial charge in [-0.3, -0.25) is 4.79 Å². The number of hydrogen-bond acceptors (Lipinski definition) is 3. The van der Waals surface area contributed by atoms with E-state index < -0.39 is 0 Å². The van der Waals surface area contributed by atoms with Gasteiger partial charge in [0.25, 0.3) is 0 Å². The van der Waals surface area contributed by atoms with Crippen molar-refractivity contribution in [2.45, 2.75) is 19.4 Å². The van der Waals surface area contributed by atoms with Crippen LogP contribution in [0.5, 0.6) is 0 Å². The smallest absolute Gasteiger partial charge is 0.222 e. The second kappa shape index (κ2) is 5.89. The number of benzene rings is 1. The molecule has 0 radical (unpaired) electrons. The van der Waals surface area contributed by atoms with Crippen LogP contribution in [0.2, 0.25) is 0 Å². The van der Waals surface area contributed by atoms with E-state index >= 15 is 0 Å². The molecule has 1 aromatic carbocycles. The summed E-state index contributed by atoms with van der Waals surface area (Å²) in [5, 5.41) is 10.8. The zero-order chi connectivity index (χ0) is 12.0. The van der Waals surface area contributed by atoms with Crippen molar-refractivity contribution < 1.29 is 4.79 Å². The van der Waals surface area contributed by atoms with Crippen molar-refractivity contribution in [1.29, 1.82) is 5.26 Å². The molecule has 1 atom stereocenters. The second-order valence-corrected chi connectivity index (χ2v) is 3.60. The van der Waals surface area contributed by atoms with E-state index in [1.165, 1.54) is 0 Å². The molecule has 0 bridgehead atoms. The van der Waals surface area contributed by atoms with Crippen LogP contribution in [0.25, 0.3) is 0 Å². The number of nitrogens with zero attached hydrogens (tertiary/aromatic N) is 1. The lowest BCUT2D eigenvalue weighted by molar-refractivity contribution is -0.121. The number of aryl methyl sites for hydroxylation is 1. The molecule has 16 heavy (non-hydrogen) atoms. The van der Waals surface area contributed by atoms with Crippen molar-refractivity contribution >= 4 is 5.91 Å². The van der Waals surface area contributed by atoms with Gasteiger partial charge in [-0.15, -0.1) is 0 Å². The van der Waals surface area contributed by atoms with Gasteiger partial charge < -0.3 is 11.1 Å². The predicted molar refractivity (Wildman–Crippen MR) is 61.3 cm³/mol. The highest BCUT2D eigenvalue weighted by molar-refractivity contribution is 5.77. The summed E-state index contributed by atoms with van der Waals surface area (Å²) >= 11 is 0. The van der Waals surface area contributed by atoms with E-state index in [1.54, 1.807) is 0 Å². The molecule has 3 N–H and O–H groups in total. The maximum atomic E-state index is 11.4. The van der Waals surface area contributed by atoms with Crippen LogP contribution in [0.15, 0.2) is 24.3 Å². The van der Waals surface area contributed by atoms with Crippen molar-refractivity contribution in [3.8, 4) is 6.07 Å². The Labute approximate surface area is 95.1 Å². The molecule has 0 spiro atoms. The fourth-order valence-electron chi connectivity index (χ4n) is 1.52. The van der Waals surface area contributed by atoms with Crippen LogP contribution in [-0.4, -0.2) is 12.5 Å². The molecule has 1 rings (SSSR count). The summed E-state index contributed by atoms with van der Waals surface area (Å²) in [5.74, 6) is -0.197. The summed E-state index contributed by atoms with van der Waals surface area (Å²) in [7, 11) is 0. The third kappa shape index (κ3) is 3.37. The van der Waals surface area contributed by atoms with Crippen LogP contribution in [0.4, 0.5) is 0 Å². The second-order valence-electron chi connectivity index (χ2n) is 3.60. The molecule has 0 saturated heterocycles. The third-order valence-electron chi connectivity index (χ3n) is 2.36. The highest BCUT2D eigenvalue weighted by atomic mass is 16.1. The molecule has 4 nitrogen and oxygen atoms in total. The van der Waals surface area contributed by atoms with Gasteiger partial charge in [-0.05, 0) is 18.1 Å². The predicted octanol–water partition coefficient (Wildman–Crippen LogP) is 1.02. The Balaban J connectivity index is 2.59. The maximum absolute atomic E-state index is 11.4. The summed E-state index contributed by atoms with van der Waals surface area (Å²) in [6.45, 7) is 1.99. The Bertz CT molecular complexity index is 409. The fraction of sp³-hybridized carbons (Fsp3) is 0.333. The zero-order valence-corrected chi connectivity index (χ0v) is 9.23. The van der Waals surface area contributed by atoms with Gasteiger partial charge in [-0.2, -0.15) is 5.26 Å². The average molecular weight is 217 g/mol. The summed E-state index contributed by atoms with van der Waals surface area (Å²) in [6, 6.07) is 9.24. The van der Waals surface area contributed by atoms with Crippen molar-refractivity contribution in [2.24, 2.45) is 5.73 Å². The molecule has 0 aliphatic carbocycles. The monoisotopic (exact) mass is 217 g/mol. The van der Waals surface area contributed by atoms with Gasteiger partial charge in [0, 0.05) is 12.5 Å². The number of carbonyl (C=O) groups is 1. The van der Waals surface area contributed by atoms with Crippen molar-refractivity contribution in [3.05, 3.63) is 35.4 Å².